The lowest BCUT2D eigenvalue weighted by Crippen LogP contribution is -2.62. The van der Waals surface area contributed by atoms with E-state index in [0.29, 0.717) is 31.9 Å². The van der Waals surface area contributed by atoms with Gasteiger partial charge >= 0.3 is 0 Å². The van der Waals surface area contributed by atoms with Gasteiger partial charge in [-0.05, 0) is 39.7 Å². The first-order valence-corrected chi connectivity index (χ1v) is 8.65. The Hall–Kier alpha value is -1.40. The number of aliphatic hydroxyl groups is 1. The van der Waals surface area contributed by atoms with Gasteiger partial charge in [0.15, 0.2) is 0 Å². The average molecular weight is 321 g/mol. The van der Waals surface area contributed by atoms with Crippen LogP contribution in [0.15, 0.2) is 6.07 Å². The summed E-state index contributed by atoms with van der Waals surface area (Å²) in [5, 5.41) is 14.6. The van der Waals surface area contributed by atoms with Gasteiger partial charge in [-0.2, -0.15) is 5.10 Å². The van der Waals surface area contributed by atoms with E-state index < -0.39 is 0 Å². The van der Waals surface area contributed by atoms with Crippen LogP contribution in [-0.2, 0) is 11.3 Å². The fourth-order valence-corrected chi connectivity index (χ4v) is 4.06. The van der Waals surface area contributed by atoms with E-state index in [1.165, 1.54) is 0 Å². The van der Waals surface area contributed by atoms with Crippen LogP contribution in [0.3, 0.4) is 0 Å². The van der Waals surface area contributed by atoms with Crippen LogP contribution in [0, 0.1) is 12.3 Å². The zero-order valence-electron chi connectivity index (χ0n) is 14.3. The Morgan fingerprint density at radius 2 is 2.13 bits per heavy atom. The first kappa shape index (κ1) is 16.5. The van der Waals surface area contributed by atoms with Crippen LogP contribution in [0.1, 0.15) is 49.3 Å². The summed E-state index contributed by atoms with van der Waals surface area (Å²) in [4.78, 5) is 14.7. The number of aryl methyl sites for hydroxylation is 2. The quantitative estimate of drug-likeness (QED) is 0.915. The molecule has 1 aromatic rings. The second-order valence-electron chi connectivity index (χ2n) is 6.71. The first-order chi connectivity index (χ1) is 11.0. The Morgan fingerprint density at radius 3 is 2.70 bits per heavy atom. The molecule has 1 saturated heterocycles. The molecule has 0 bridgehead atoms. The van der Waals surface area contributed by atoms with Gasteiger partial charge < -0.3 is 14.7 Å². The molecule has 6 nitrogen and oxygen atoms in total. The first-order valence-electron chi connectivity index (χ1n) is 8.65. The molecule has 0 radical (unpaired) electrons. The molecule has 23 heavy (non-hydrogen) atoms. The Kier molecular flexibility index (Phi) is 4.47. The molecule has 2 heterocycles. The third-order valence-electron chi connectivity index (χ3n) is 5.51. The number of piperidine rings is 1. The largest absolute Gasteiger partial charge is 0.392 e. The average Bonchev–Trinajstić information content (AvgIpc) is 2.95. The summed E-state index contributed by atoms with van der Waals surface area (Å²) in [6.07, 6.45) is 2.19. The molecule has 2 atom stereocenters. The molecule has 6 heteroatoms. The molecule has 1 amide bonds. The highest BCUT2D eigenvalue weighted by molar-refractivity contribution is 5.92. The van der Waals surface area contributed by atoms with Gasteiger partial charge in [-0.1, -0.05) is 0 Å². The fraction of sp³-hybridized carbons (Fsp3) is 0.765. The maximum atomic E-state index is 12.8. The van der Waals surface area contributed by atoms with Gasteiger partial charge in [0.25, 0.3) is 5.91 Å². The van der Waals surface area contributed by atoms with Crippen molar-refractivity contribution in [2.75, 3.05) is 19.7 Å². The van der Waals surface area contributed by atoms with Crippen molar-refractivity contribution in [1.82, 2.24) is 14.7 Å². The van der Waals surface area contributed by atoms with Crippen molar-refractivity contribution >= 4 is 5.91 Å². The number of hydrogen-bond donors (Lipinski definition) is 1. The fourth-order valence-electron chi connectivity index (χ4n) is 4.06. The van der Waals surface area contributed by atoms with E-state index in [1.54, 1.807) is 4.68 Å². The lowest BCUT2D eigenvalue weighted by atomic mass is 9.58. The highest BCUT2D eigenvalue weighted by atomic mass is 16.5. The molecule has 1 spiro atoms. The summed E-state index contributed by atoms with van der Waals surface area (Å²) >= 11 is 0. The molecule has 0 aromatic carbocycles. The van der Waals surface area contributed by atoms with Crippen molar-refractivity contribution in [3.8, 4) is 0 Å². The maximum Gasteiger partial charge on any atom is 0.272 e. The SMILES string of the molecule is CCOC1CC(O)C12CCN(C(=O)c1cc(C)nn1CC)CC2. The highest BCUT2D eigenvalue weighted by Crippen LogP contribution is 2.51. The van der Waals surface area contributed by atoms with Crippen molar-refractivity contribution in [3.63, 3.8) is 0 Å². The van der Waals surface area contributed by atoms with Crippen molar-refractivity contribution in [2.24, 2.45) is 5.41 Å². The molecule has 1 aromatic heterocycles. The molecule has 2 unspecified atom stereocenters. The molecule has 1 aliphatic carbocycles. The third-order valence-corrected chi connectivity index (χ3v) is 5.51. The standard InChI is InChI=1S/C17H27N3O3/c1-4-20-13(10-12(3)18-20)16(22)19-8-6-17(7-9-19)14(21)11-15(17)23-5-2/h10,14-15,21H,4-9,11H2,1-3H3. The predicted molar refractivity (Wildman–Crippen MR) is 86.2 cm³/mol. The third kappa shape index (κ3) is 2.68. The Balaban J connectivity index is 1.68. The number of hydrogen-bond acceptors (Lipinski definition) is 4. The van der Waals surface area contributed by atoms with E-state index in [4.69, 9.17) is 4.74 Å². The summed E-state index contributed by atoms with van der Waals surface area (Å²) in [6.45, 7) is 8.61. The number of aromatic nitrogens is 2. The summed E-state index contributed by atoms with van der Waals surface area (Å²) in [7, 11) is 0. The number of ether oxygens (including phenoxy) is 1. The molecule has 3 rings (SSSR count). The van der Waals surface area contributed by atoms with Crippen molar-refractivity contribution in [1.29, 1.82) is 0 Å². The maximum absolute atomic E-state index is 12.8. The zero-order valence-corrected chi connectivity index (χ0v) is 14.3. The number of carbonyl (C=O) groups excluding carboxylic acids is 1. The van der Waals surface area contributed by atoms with E-state index in [9.17, 15) is 9.90 Å². The molecule has 2 aliphatic rings. The molecule has 1 N–H and O–H groups in total. The second kappa shape index (κ2) is 6.24. The lowest BCUT2D eigenvalue weighted by Gasteiger charge is -2.56. The van der Waals surface area contributed by atoms with Crippen molar-refractivity contribution in [2.45, 2.75) is 58.8 Å². The van der Waals surface area contributed by atoms with Gasteiger partial charge in [-0.3, -0.25) is 9.48 Å². The number of likely N-dealkylation sites (tertiary alicyclic amines) is 1. The predicted octanol–water partition coefficient (Wildman–Crippen LogP) is 1.60. The summed E-state index contributed by atoms with van der Waals surface area (Å²) in [6, 6.07) is 1.86. The topological polar surface area (TPSA) is 67.6 Å². The molecular formula is C17H27N3O3. The normalized spacial score (nSPS) is 26.3. The minimum atomic E-state index is -0.292. The smallest absolute Gasteiger partial charge is 0.272 e. The van der Waals surface area contributed by atoms with Crippen LogP contribution < -0.4 is 0 Å². The Labute approximate surface area is 137 Å². The number of nitrogens with zero attached hydrogens (tertiary/aromatic N) is 3. The van der Waals surface area contributed by atoms with Crippen molar-refractivity contribution < 1.29 is 14.6 Å². The number of rotatable bonds is 4. The van der Waals surface area contributed by atoms with Gasteiger partial charge in [-0.25, -0.2) is 0 Å². The number of carbonyl (C=O) groups is 1. The van der Waals surface area contributed by atoms with E-state index >= 15 is 0 Å². The summed E-state index contributed by atoms with van der Waals surface area (Å²) < 4.78 is 7.55. The minimum absolute atomic E-state index is 0.0454. The van der Waals surface area contributed by atoms with Crippen LogP contribution in [0.4, 0.5) is 0 Å². The van der Waals surface area contributed by atoms with Gasteiger partial charge in [0, 0.05) is 38.1 Å². The van der Waals surface area contributed by atoms with E-state index in [-0.39, 0.29) is 23.5 Å². The molecule has 2 fully saturated rings. The van der Waals surface area contributed by atoms with Gasteiger partial charge in [0.1, 0.15) is 5.69 Å². The summed E-state index contributed by atoms with van der Waals surface area (Å²) in [5.41, 5.74) is 1.39. The molecular weight excluding hydrogens is 294 g/mol. The van der Waals surface area contributed by atoms with Gasteiger partial charge in [-0.15, -0.1) is 0 Å². The Morgan fingerprint density at radius 1 is 1.43 bits per heavy atom. The van der Waals surface area contributed by atoms with Crippen LogP contribution in [-0.4, -0.2) is 57.6 Å². The lowest BCUT2D eigenvalue weighted by molar-refractivity contribution is -0.207. The van der Waals surface area contributed by atoms with E-state index in [0.717, 1.165) is 25.0 Å². The van der Waals surface area contributed by atoms with Gasteiger partial charge in [0.2, 0.25) is 0 Å². The van der Waals surface area contributed by atoms with Crippen LogP contribution in [0.25, 0.3) is 0 Å². The zero-order chi connectivity index (χ0) is 16.6. The molecule has 1 saturated carbocycles. The van der Waals surface area contributed by atoms with Crippen LogP contribution >= 0.6 is 0 Å². The highest BCUT2D eigenvalue weighted by Gasteiger charge is 2.56. The molecule has 1 aliphatic heterocycles. The van der Waals surface area contributed by atoms with Crippen LogP contribution in [0.2, 0.25) is 0 Å². The van der Waals surface area contributed by atoms with Gasteiger partial charge in [0.05, 0.1) is 17.9 Å². The number of aliphatic hydroxyl groups excluding tert-OH is 1. The second-order valence-corrected chi connectivity index (χ2v) is 6.71. The van der Waals surface area contributed by atoms with Crippen molar-refractivity contribution in [3.05, 3.63) is 17.5 Å². The minimum Gasteiger partial charge on any atom is -0.392 e. The number of amides is 1. The molecule has 128 valence electrons. The monoisotopic (exact) mass is 321 g/mol. The Bertz CT molecular complexity index is 574. The van der Waals surface area contributed by atoms with E-state index in [2.05, 4.69) is 5.10 Å². The van der Waals surface area contributed by atoms with Crippen LogP contribution in [0.5, 0.6) is 0 Å². The van der Waals surface area contributed by atoms with E-state index in [1.807, 2.05) is 31.7 Å². The summed E-state index contributed by atoms with van der Waals surface area (Å²) in [5.74, 6) is 0.0454.